The first-order valence-corrected chi connectivity index (χ1v) is 6.79. The zero-order chi connectivity index (χ0) is 14.8. The molecule has 2 aromatic carbocycles. The summed E-state index contributed by atoms with van der Waals surface area (Å²) in [6.45, 7) is 1.78. The van der Waals surface area contributed by atoms with Crippen molar-refractivity contribution in [2.45, 2.75) is 13.0 Å². The summed E-state index contributed by atoms with van der Waals surface area (Å²) >= 11 is 0. The largest absolute Gasteiger partial charge is 0.478 e. The highest BCUT2D eigenvalue weighted by Gasteiger charge is 2.27. The topological polar surface area (TPSA) is 52.4 Å². The van der Waals surface area contributed by atoms with Gasteiger partial charge in [0, 0.05) is 16.1 Å². The van der Waals surface area contributed by atoms with Crippen molar-refractivity contribution < 1.29 is 9.66 Å². The predicted molar refractivity (Wildman–Crippen MR) is 81.2 cm³/mol. The summed E-state index contributed by atoms with van der Waals surface area (Å²) in [6.07, 6.45) is 1.40. The first kappa shape index (κ1) is 13.4. The van der Waals surface area contributed by atoms with Crippen LogP contribution in [0.5, 0.6) is 0 Å². The van der Waals surface area contributed by atoms with Crippen molar-refractivity contribution in [3.05, 3.63) is 80.9 Å². The molecule has 0 N–H and O–H groups in total. The molecule has 0 radical (unpaired) electrons. The number of hydrogen-bond acceptors (Lipinski definition) is 3. The highest BCUT2D eigenvalue weighted by atomic mass is 16.6. The number of hydrogen-bond donors (Lipinski definition) is 0. The summed E-state index contributed by atoms with van der Waals surface area (Å²) < 4.78 is 5.87. The number of fused-ring (bicyclic) bond motifs is 1. The molecule has 0 spiro atoms. The van der Waals surface area contributed by atoms with Crippen molar-refractivity contribution in [2.24, 2.45) is 0 Å². The Hall–Kier alpha value is -2.62. The van der Waals surface area contributed by atoms with Crippen LogP contribution in [0.4, 0.5) is 0 Å². The Morgan fingerprint density at radius 1 is 1.14 bits per heavy atom. The molecule has 4 heteroatoms. The second-order valence-corrected chi connectivity index (χ2v) is 5.13. The molecule has 0 aliphatic carbocycles. The Morgan fingerprint density at radius 2 is 1.86 bits per heavy atom. The van der Waals surface area contributed by atoms with Gasteiger partial charge in [0.2, 0.25) is 6.54 Å². The van der Waals surface area contributed by atoms with Crippen LogP contribution in [0.15, 0.2) is 48.5 Å². The maximum atomic E-state index is 10.9. The zero-order valence-corrected chi connectivity index (χ0v) is 11.7. The molecule has 1 atom stereocenters. The summed E-state index contributed by atoms with van der Waals surface area (Å²) in [6, 6.07) is 15.6. The molecule has 2 aromatic rings. The van der Waals surface area contributed by atoms with Crippen molar-refractivity contribution in [3.63, 3.8) is 0 Å². The number of nitrogens with zero attached hydrogens (tertiary/aromatic N) is 1. The van der Waals surface area contributed by atoms with Crippen molar-refractivity contribution in [2.75, 3.05) is 6.54 Å². The van der Waals surface area contributed by atoms with E-state index < -0.39 is 6.10 Å². The first-order valence-electron chi connectivity index (χ1n) is 6.79. The summed E-state index contributed by atoms with van der Waals surface area (Å²) in [5, 5.41) is 10.9. The molecule has 0 saturated carbocycles. The van der Waals surface area contributed by atoms with Gasteiger partial charge in [0.15, 0.2) is 6.10 Å². The third kappa shape index (κ3) is 2.79. The van der Waals surface area contributed by atoms with E-state index in [4.69, 9.17) is 4.74 Å². The van der Waals surface area contributed by atoms with Gasteiger partial charge in [-0.1, -0.05) is 54.1 Å². The normalized spacial score (nSPS) is 16.6. The molecule has 0 bridgehead atoms. The average Bonchev–Trinajstić information content (AvgIpc) is 2.47. The number of benzene rings is 2. The van der Waals surface area contributed by atoms with E-state index in [0.717, 1.165) is 22.3 Å². The molecule has 4 nitrogen and oxygen atoms in total. The fraction of sp³-hybridized carbons (Fsp3) is 0.176. The van der Waals surface area contributed by atoms with Crippen LogP contribution in [-0.4, -0.2) is 11.5 Å². The molecule has 106 valence electrons. The zero-order valence-electron chi connectivity index (χ0n) is 11.7. The van der Waals surface area contributed by atoms with Crippen LogP contribution < -0.4 is 0 Å². The van der Waals surface area contributed by atoms with Gasteiger partial charge >= 0.3 is 0 Å². The molecule has 1 heterocycles. The monoisotopic (exact) mass is 281 g/mol. The summed E-state index contributed by atoms with van der Waals surface area (Å²) in [7, 11) is 0. The summed E-state index contributed by atoms with van der Waals surface area (Å²) in [5.74, 6) is 0.681. The minimum absolute atomic E-state index is 0.236. The van der Waals surface area contributed by atoms with Crippen LogP contribution in [0.3, 0.4) is 0 Å². The highest BCUT2D eigenvalue weighted by molar-refractivity contribution is 5.80. The van der Waals surface area contributed by atoms with E-state index >= 15 is 0 Å². The van der Waals surface area contributed by atoms with Gasteiger partial charge in [-0.15, -0.1) is 0 Å². The molecule has 0 saturated heterocycles. The quantitative estimate of drug-likeness (QED) is 0.634. The van der Waals surface area contributed by atoms with Crippen molar-refractivity contribution in [1.29, 1.82) is 0 Å². The van der Waals surface area contributed by atoms with Crippen LogP contribution in [0.2, 0.25) is 0 Å². The van der Waals surface area contributed by atoms with Gasteiger partial charge in [0.25, 0.3) is 0 Å². The van der Waals surface area contributed by atoms with E-state index in [2.05, 4.69) is 0 Å². The Bertz CT molecular complexity index is 704. The van der Waals surface area contributed by atoms with Crippen LogP contribution in [0.25, 0.3) is 11.8 Å². The third-order valence-electron chi connectivity index (χ3n) is 3.55. The molecule has 0 amide bonds. The van der Waals surface area contributed by atoms with Gasteiger partial charge in [-0.25, -0.2) is 0 Å². The molecule has 1 unspecified atom stereocenters. The predicted octanol–water partition coefficient (Wildman–Crippen LogP) is 3.84. The fourth-order valence-electron chi connectivity index (χ4n) is 2.47. The molecular formula is C17H15NO3. The summed E-state index contributed by atoms with van der Waals surface area (Å²) in [4.78, 5) is 10.5. The first-order chi connectivity index (χ1) is 10.1. The van der Waals surface area contributed by atoms with Crippen LogP contribution >= 0.6 is 0 Å². The lowest BCUT2D eigenvalue weighted by molar-refractivity contribution is -0.491. The third-order valence-corrected chi connectivity index (χ3v) is 3.55. The van der Waals surface area contributed by atoms with Gasteiger partial charge in [-0.2, -0.15) is 0 Å². The SMILES string of the molecule is Cc1ccc(C2=Cc3ccccc3C(C[N+](=O)[O-])O2)cc1. The maximum absolute atomic E-state index is 10.9. The van der Waals surface area contributed by atoms with Gasteiger partial charge in [0.05, 0.1) is 0 Å². The van der Waals surface area contributed by atoms with E-state index in [1.165, 1.54) is 0 Å². The lowest BCUT2D eigenvalue weighted by atomic mass is 9.97. The van der Waals surface area contributed by atoms with Crippen molar-refractivity contribution in [3.8, 4) is 0 Å². The molecule has 1 aliphatic rings. The smallest absolute Gasteiger partial charge is 0.244 e. The Balaban J connectivity index is 2.02. The van der Waals surface area contributed by atoms with Gasteiger partial charge in [-0.3, -0.25) is 10.1 Å². The lowest BCUT2D eigenvalue weighted by Gasteiger charge is -2.24. The minimum Gasteiger partial charge on any atom is -0.478 e. The van der Waals surface area contributed by atoms with Crippen LogP contribution in [-0.2, 0) is 4.74 Å². The summed E-state index contributed by atoms with van der Waals surface area (Å²) in [5.41, 5.74) is 3.94. The fourth-order valence-corrected chi connectivity index (χ4v) is 2.47. The van der Waals surface area contributed by atoms with Crippen molar-refractivity contribution in [1.82, 2.24) is 0 Å². The van der Waals surface area contributed by atoms with Gasteiger partial charge in [0.1, 0.15) is 5.76 Å². The standard InChI is InChI=1S/C17H15NO3/c1-12-6-8-13(9-7-12)16-10-14-4-2-3-5-15(14)17(21-16)11-18(19)20/h2-10,17H,11H2,1H3. The number of nitro groups is 1. The number of ether oxygens (including phenoxy) is 1. The van der Waals surface area contributed by atoms with E-state index in [9.17, 15) is 10.1 Å². The molecule has 1 aliphatic heterocycles. The van der Waals surface area contributed by atoms with Gasteiger partial charge in [-0.05, 0) is 18.6 Å². The van der Waals surface area contributed by atoms with E-state index in [-0.39, 0.29) is 11.5 Å². The Labute approximate surface area is 122 Å². The van der Waals surface area contributed by atoms with Gasteiger partial charge < -0.3 is 4.74 Å². The van der Waals surface area contributed by atoms with Crippen LogP contribution in [0, 0.1) is 17.0 Å². The number of rotatable bonds is 3. The average molecular weight is 281 g/mol. The Morgan fingerprint density at radius 3 is 2.57 bits per heavy atom. The lowest BCUT2D eigenvalue weighted by Crippen LogP contribution is -2.18. The molecule has 3 rings (SSSR count). The molecular weight excluding hydrogens is 266 g/mol. The highest BCUT2D eigenvalue weighted by Crippen LogP contribution is 2.35. The minimum atomic E-state index is -0.544. The molecule has 0 aromatic heterocycles. The van der Waals surface area contributed by atoms with E-state index in [1.807, 2.05) is 61.5 Å². The van der Waals surface area contributed by atoms with Crippen molar-refractivity contribution >= 4 is 11.8 Å². The molecule has 21 heavy (non-hydrogen) atoms. The maximum Gasteiger partial charge on any atom is 0.244 e. The molecule has 0 fully saturated rings. The second kappa shape index (κ2) is 5.40. The Kier molecular flexibility index (Phi) is 3.44. The number of aryl methyl sites for hydroxylation is 1. The second-order valence-electron chi connectivity index (χ2n) is 5.13. The van der Waals surface area contributed by atoms with E-state index in [0.29, 0.717) is 5.76 Å². The van der Waals surface area contributed by atoms with E-state index in [1.54, 1.807) is 0 Å². The van der Waals surface area contributed by atoms with Crippen LogP contribution in [0.1, 0.15) is 28.4 Å².